The van der Waals surface area contributed by atoms with Crippen molar-refractivity contribution in [2.24, 2.45) is 11.5 Å². The van der Waals surface area contributed by atoms with Crippen LogP contribution in [-0.4, -0.2) is 54.6 Å². The molecule has 1 heterocycles. The second kappa shape index (κ2) is 5.98. The zero-order chi connectivity index (χ0) is 14.1. The van der Waals surface area contributed by atoms with Gasteiger partial charge < -0.3 is 0 Å². The van der Waals surface area contributed by atoms with E-state index >= 15 is 0 Å². The standard InChI is InChI=1S/C8H10Cl6N4/c9-7(10,11)5(15)17-1-2-18(4-3-17)6(16)8(12,13)14/h15-16H,1-4H2/p+2. The molecular weight excluding hydrogens is 365 g/mol. The highest BCUT2D eigenvalue weighted by Crippen LogP contribution is 2.27. The Morgan fingerprint density at radius 1 is 0.667 bits per heavy atom. The van der Waals surface area contributed by atoms with E-state index in [0.29, 0.717) is 26.2 Å². The first kappa shape index (κ1) is 16.7. The molecule has 0 bridgehead atoms. The summed E-state index contributed by atoms with van der Waals surface area (Å²) in [6.07, 6.45) is 0. The van der Waals surface area contributed by atoms with E-state index in [0.717, 1.165) is 0 Å². The largest absolute Gasteiger partial charge is 0.295 e. The Morgan fingerprint density at radius 3 is 1.06 bits per heavy atom. The van der Waals surface area contributed by atoms with E-state index in [1.807, 2.05) is 0 Å². The first-order valence-corrected chi connectivity index (χ1v) is 7.19. The van der Waals surface area contributed by atoms with Gasteiger partial charge in [0.05, 0.1) is 0 Å². The van der Waals surface area contributed by atoms with Gasteiger partial charge >= 0.3 is 0 Å². The van der Waals surface area contributed by atoms with E-state index in [9.17, 15) is 0 Å². The summed E-state index contributed by atoms with van der Waals surface area (Å²) in [6, 6.07) is 0. The van der Waals surface area contributed by atoms with Gasteiger partial charge in [-0.15, -0.1) is 0 Å². The number of alkyl halides is 6. The summed E-state index contributed by atoms with van der Waals surface area (Å²) >= 11 is 34.3. The lowest BCUT2D eigenvalue weighted by Crippen LogP contribution is -2.50. The molecule has 0 spiro atoms. The topological polar surface area (TPSA) is 58.1 Å². The molecule has 0 radical (unpaired) electrons. The molecule has 0 unspecified atom stereocenters. The van der Waals surface area contributed by atoms with Crippen LogP contribution < -0.4 is 11.5 Å². The summed E-state index contributed by atoms with van der Waals surface area (Å²) in [4.78, 5) is 0. The third kappa shape index (κ3) is 4.36. The van der Waals surface area contributed by atoms with E-state index in [-0.39, 0.29) is 11.7 Å². The number of hydrogen-bond donors (Lipinski definition) is 2. The minimum absolute atomic E-state index is 0.180. The second-order valence-electron chi connectivity index (χ2n) is 3.74. The van der Waals surface area contributed by atoms with E-state index in [1.54, 1.807) is 9.15 Å². The van der Waals surface area contributed by atoms with E-state index in [4.69, 9.17) is 81.1 Å². The fourth-order valence-electron chi connectivity index (χ4n) is 1.55. The fourth-order valence-corrected chi connectivity index (χ4v) is 2.26. The molecule has 10 heteroatoms. The lowest BCUT2D eigenvalue weighted by molar-refractivity contribution is -0.666. The smallest absolute Gasteiger partial charge is 0.287 e. The molecule has 1 saturated heterocycles. The number of hydrogen-bond acceptors (Lipinski definition) is 0. The van der Waals surface area contributed by atoms with Crippen LogP contribution in [-0.2, 0) is 0 Å². The summed E-state index contributed by atoms with van der Waals surface area (Å²) in [5, 5.41) is 0. The van der Waals surface area contributed by atoms with Crippen molar-refractivity contribution in [2.45, 2.75) is 7.59 Å². The summed E-state index contributed by atoms with van der Waals surface area (Å²) < 4.78 is 0.281. The minimum atomic E-state index is -1.62. The Kier molecular flexibility index (Phi) is 5.56. The molecule has 4 N–H and O–H groups in total. The van der Waals surface area contributed by atoms with E-state index in [1.165, 1.54) is 0 Å². The molecule has 0 aromatic carbocycles. The average Bonchev–Trinajstić information content (AvgIpc) is 2.25. The van der Waals surface area contributed by atoms with Crippen LogP contribution in [0.2, 0.25) is 0 Å². The summed E-state index contributed by atoms with van der Waals surface area (Å²) in [5.41, 5.74) is 11.5. The fraction of sp³-hybridized carbons (Fsp3) is 0.750. The molecule has 1 fully saturated rings. The van der Waals surface area contributed by atoms with Gasteiger partial charge in [-0.25, -0.2) is 0 Å². The van der Waals surface area contributed by atoms with Crippen LogP contribution in [0.15, 0.2) is 0 Å². The normalized spacial score (nSPS) is 17.9. The van der Waals surface area contributed by atoms with Gasteiger partial charge in [-0.05, 0) is 0 Å². The van der Waals surface area contributed by atoms with Crippen molar-refractivity contribution in [3.05, 3.63) is 0 Å². The molecule has 0 saturated carbocycles. The molecule has 18 heavy (non-hydrogen) atoms. The summed E-state index contributed by atoms with van der Waals surface area (Å²) in [7, 11) is 0. The Bertz CT molecular complexity index is 341. The van der Waals surface area contributed by atoms with Crippen LogP contribution in [0.25, 0.3) is 0 Å². The summed E-state index contributed by atoms with van der Waals surface area (Å²) in [5.74, 6) is 0.360. The maximum atomic E-state index is 5.74. The molecular formula is C8H12Cl6N4+2. The predicted molar refractivity (Wildman–Crippen MR) is 79.0 cm³/mol. The molecule has 0 atom stereocenters. The second-order valence-corrected chi connectivity index (χ2v) is 8.30. The SMILES string of the molecule is NC(=[N+]1CC[N+](=C(N)C(Cl)(Cl)Cl)CC1)C(Cl)(Cl)Cl. The highest BCUT2D eigenvalue weighted by Gasteiger charge is 2.37. The Morgan fingerprint density at radius 2 is 0.889 bits per heavy atom. The van der Waals surface area contributed by atoms with Gasteiger partial charge in [0.2, 0.25) is 0 Å². The minimum Gasteiger partial charge on any atom is -0.287 e. The van der Waals surface area contributed by atoms with Gasteiger partial charge in [-0.1, -0.05) is 69.6 Å². The molecule has 4 nitrogen and oxygen atoms in total. The van der Waals surface area contributed by atoms with Gasteiger partial charge in [0, 0.05) is 0 Å². The highest BCUT2D eigenvalue weighted by atomic mass is 35.6. The quantitative estimate of drug-likeness (QED) is 0.382. The Balaban J connectivity index is 2.85. The van der Waals surface area contributed by atoms with Crippen LogP contribution in [0, 0.1) is 0 Å². The first-order valence-electron chi connectivity index (χ1n) is 4.92. The van der Waals surface area contributed by atoms with Crippen LogP contribution in [0.3, 0.4) is 0 Å². The van der Waals surface area contributed by atoms with E-state index in [2.05, 4.69) is 0 Å². The number of nitrogens with zero attached hydrogens (tertiary/aromatic N) is 2. The third-order valence-corrected chi connectivity index (χ3v) is 3.70. The average molecular weight is 377 g/mol. The van der Waals surface area contributed by atoms with Gasteiger partial charge in [-0.3, -0.25) is 20.6 Å². The number of halogens is 6. The van der Waals surface area contributed by atoms with Gasteiger partial charge in [0.1, 0.15) is 26.2 Å². The zero-order valence-corrected chi connectivity index (χ0v) is 13.7. The highest BCUT2D eigenvalue weighted by molar-refractivity contribution is 6.76. The van der Waals surface area contributed by atoms with Crippen molar-refractivity contribution in [2.75, 3.05) is 26.2 Å². The van der Waals surface area contributed by atoms with Gasteiger partial charge in [0.15, 0.2) is 0 Å². The first-order chi connectivity index (χ1) is 8.03. The molecule has 0 aromatic rings. The molecule has 1 aliphatic rings. The molecule has 0 amide bonds. The third-order valence-electron chi connectivity index (χ3n) is 2.54. The lowest BCUT2D eigenvalue weighted by Gasteiger charge is -2.21. The van der Waals surface area contributed by atoms with Gasteiger partial charge in [-0.2, -0.15) is 0 Å². The van der Waals surface area contributed by atoms with Gasteiger partial charge in [0.25, 0.3) is 19.3 Å². The molecule has 1 aliphatic heterocycles. The monoisotopic (exact) mass is 374 g/mol. The van der Waals surface area contributed by atoms with E-state index < -0.39 is 7.59 Å². The Hall–Kier alpha value is 0.680. The Labute approximate surface area is 135 Å². The van der Waals surface area contributed by atoms with Crippen LogP contribution in [0.4, 0.5) is 0 Å². The van der Waals surface area contributed by atoms with Crippen molar-refractivity contribution < 1.29 is 9.15 Å². The van der Waals surface area contributed by atoms with Crippen molar-refractivity contribution in [1.29, 1.82) is 0 Å². The van der Waals surface area contributed by atoms with Crippen molar-refractivity contribution in [1.82, 2.24) is 0 Å². The lowest BCUT2D eigenvalue weighted by atomic mass is 10.3. The zero-order valence-electron chi connectivity index (χ0n) is 9.15. The van der Waals surface area contributed by atoms with Crippen LogP contribution >= 0.6 is 69.6 Å². The number of piperazine rings is 1. The van der Waals surface area contributed by atoms with Crippen LogP contribution in [0.1, 0.15) is 0 Å². The number of rotatable bonds is 0. The molecule has 1 rings (SSSR count). The maximum absolute atomic E-state index is 5.74. The molecule has 0 aliphatic carbocycles. The van der Waals surface area contributed by atoms with Crippen molar-refractivity contribution >= 4 is 81.3 Å². The number of amidine groups is 2. The number of nitrogens with two attached hydrogens (primary N) is 2. The van der Waals surface area contributed by atoms with Crippen molar-refractivity contribution in [3.63, 3.8) is 0 Å². The van der Waals surface area contributed by atoms with Crippen molar-refractivity contribution in [3.8, 4) is 0 Å². The maximum Gasteiger partial charge on any atom is 0.295 e. The van der Waals surface area contributed by atoms with Crippen LogP contribution in [0.5, 0.6) is 0 Å². The summed E-state index contributed by atoms with van der Waals surface area (Å²) in [6.45, 7) is 2.12. The predicted octanol–water partition coefficient (Wildman–Crippen LogP) is 1.48. The molecule has 0 aromatic heterocycles. The molecule has 104 valence electrons.